The predicted molar refractivity (Wildman–Crippen MR) is 352 cm³/mol. The molecule has 4 aromatic heterocycles. The van der Waals surface area contributed by atoms with Gasteiger partial charge in [-0.3, -0.25) is 0 Å². The maximum absolute atomic E-state index is 10.6. The van der Waals surface area contributed by atoms with Crippen molar-refractivity contribution >= 4 is 27.5 Å². The van der Waals surface area contributed by atoms with Gasteiger partial charge in [-0.05, 0) is 77.9 Å². The van der Waals surface area contributed by atoms with Gasteiger partial charge in [-0.2, -0.15) is 5.26 Å². The number of hydrogen-bond acceptors (Lipinski definition) is 10. The predicted octanol–water partition coefficient (Wildman–Crippen LogP) is 18.1. The van der Waals surface area contributed by atoms with Gasteiger partial charge in [-0.15, -0.1) is 0 Å². The minimum atomic E-state index is 0.435. The lowest BCUT2D eigenvalue weighted by Gasteiger charge is -2.21. The van der Waals surface area contributed by atoms with E-state index >= 15 is 0 Å². The van der Waals surface area contributed by atoms with Crippen LogP contribution < -0.4 is 0 Å². The Bertz CT molecular complexity index is 4820. The minimum absolute atomic E-state index is 0.435. The molecule has 0 N–H and O–H groups in total. The molecule has 0 atom stereocenters. The van der Waals surface area contributed by atoms with Crippen LogP contribution in [0.5, 0.6) is 0 Å². The van der Waals surface area contributed by atoms with E-state index in [1.807, 2.05) is 231 Å². The van der Waals surface area contributed by atoms with Crippen LogP contribution in [0.2, 0.25) is 0 Å². The maximum Gasteiger partial charge on any atom is 0.187 e. The summed E-state index contributed by atoms with van der Waals surface area (Å²) < 4.78 is 2.28. The highest BCUT2D eigenvalue weighted by atomic mass is 15.1. The SMILES string of the molecule is [C-]#[N+]c1cccc(-c2cc(-c3nc(-c4ccccc4)nc(-c4ccccc4)n3)cc(-c3cccc(C#N)c3)c2-n2c3ccc(-c4nc(-c5ccccc5)nc(-c5ccccc5)n4)cc3c3cc(-c4nc(-c5ccccc5)nc(-c5ccccc5)n4)ccc32)c1. The molecular formula is C77H46N12. The van der Waals surface area contributed by atoms with Crippen LogP contribution in [0.3, 0.4) is 0 Å². The van der Waals surface area contributed by atoms with E-state index in [4.69, 9.17) is 51.4 Å². The first-order chi connectivity index (χ1) is 44.0. The van der Waals surface area contributed by atoms with Crippen LogP contribution in [-0.2, 0) is 0 Å². The molecule has 0 fully saturated rings. The van der Waals surface area contributed by atoms with Crippen molar-refractivity contribution in [3.05, 3.63) is 296 Å². The molecule has 11 aromatic carbocycles. The van der Waals surface area contributed by atoms with Crippen LogP contribution >= 0.6 is 0 Å². The average Bonchev–Trinajstić information content (AvgIpc) is 1.66. The van der Waals surface area contributed by atoms with E-state index in [0.717, 1.165) is 94.3 Å². The monoisotopic (exact) mass is 1140 g/mol. The second-order valence-electron chi connectivity index (χ2n) is 21.2. The largest absolute Gasteiger partial charge is 0.308 e. The summed E-state index contributed by atoms with van der Waals surface area (Å²) in [6.45, 7) is 8.29. The lowest BCUT2D eigenvalue weighted by atomic mass is 9.91. The number of rotatable bonds is 12. The Balaban J connectivity index is 1.04. The third-order valence-electron chi connectivity index (χ3n) is 15.6. The van der Waals surface area contributed by atoms with Gasteiger partial charge in [0.15, 0.2) is 58.1 Å². The summed E-state index contributed by atoms with van der Waals surface area (Å²) in [5.74, 6) is 4.59. The molecule has 0 aliphatic rings. The number of benzene rings is 11. The summed E-state index contributed by atoms with van der Waals surface area (Å²) in [6, 6.07) is 94.2. The van der Waals surface area contributed by atoms with Crippen molar-refractivity contribution in [2.24, 2.45) is 0 Å². The van der Waals surface area contributed by atoms with Crippen molar-refractivity contribution in [3.8, 4) is 137 Å². The molecule has 0 spiro atoms. The second kappa shape index (κ2) is 23.0. The van der Waals surface area contributed by atoms with Crippen LogP contribution in [-0.4, -0.2) is 49.4 Å². The van der Waals surface area contributed by atoms with Gasteiger partial charge in [0, 0.05) is 72.0 Å². The van der Waals surface area contributed by atoms with Crippen LogP contribution in [0, 0.1) is 17.9 Å². The molecule has 0 amide bonds. The third-order valence-corrected chi connectivity index (χ3v) is 15.6. The van der Waals surface area contributed by atoms with Gasteiger partial charge in [0.2, 0.25) is 0 Å². The van der Waals surface area contributed by atoms with E-state index in [1.54, 1.807) is 0 Å². The van der Waals surface area contributed by atoms with Crippen molar-refractivity contribution in [3.63, 3.8) is 0 Å². The number of nitrogens with zero attached hydrogens (tertiary/aromatic N) is 12. The lowest BCUT2D eigenvalue weighted by Crippen LogP contribution is -2.04. The average molecular weight is 1140 g/mol. The van der Waals surface area contributed by atoms with Crippen molar-refractivity contribution in [2.45, 2.75) is 0 Å². The molecular weight excluding hydrogens is 1090 g/mol. The fraction of sp³-hybridized carbons (Fsp3) is 0. The van der Waals surface area contributed by atoms with Crippen molar-refractivity contribution < 1.29 is 0 Å². The van der Waals surface area contributed by atoms with Crippen LogP contribution in [0.25, 0.3) is 157 Å². The molecule has 89 heavy (non-hydrogen) atoms. The Kier molecular flexibility index (Phi) is 13.7. The molecule has 414 valence electrons. The molecule has 15 aromatic rings. The van der Waals surface area contributed by atoms with E-state index in [0.29, 0.717) is 69.2 Å². The molecule has 0 saturated carbocycles. The van der Waals surface area contributed by atoms with Gasteiger partial charge < -0.3 is 4.57 Å². The Morgan fingerprint density at radius 1 is 0.281 bits per heavy atom. The quantitative estimate of drug-likeness (QED) is 0.108. The lowest BCUT2D eigenvalue weighted by molar-refractivity contribution is 1.07. The van der Waals surface area contributed by atoms with E-state index in [9.17, 15) is 5.26 Å². The van der Waals surface area contributed by atoms with Crippen molar-refractivity contribution in [1.82, 2.24) is 49.4 Å². The Labute approximate surface area is 512 Å². The first-order valence-corrected chi connectivity index (χ1v) is 28.9. The molecule has 0 bridgehead atoms. The fourth-order valence-electron chi connectivity index (χ4n) is 11.3. The third kappa shape index (κ3) is 10.4. The van der Waals surface area contributed by atoms with E-state index < -0.39 is 0 Å². The fourth-order valence-corrected chi connectivity index (χ4v) is 11.3. The molecule has 12 heteroatoms. The van der Waals surface area contributed by atoms with Crippen LogP contribution in [0.1, 0.15) is 5.56 Å². The highest BCUT2D eigenvalue weighted by molar-refractivity contribution is 6.13. The molecule has 0 unspecified atom stereocenters. The number of hydrogen-bond donors (Lipinski definition) is 0. The van der Waals surface area contributed by atoms with Crippen molar-refractivity contribution in [2.75, 3.05) is 0 Å². The summed E-state index contributed by atoms with van der Waals surface area (Å²) in [6.07, 6.45) is 0. The highest BCUT2D eigenvalue weighted by Gasteiger charge is 2.26. The zero-order chi connectivity index (χ0) is 59.6. The molecule has 0 aliphatic heterocycles. The van der Waals surface area contributed by atoms with E-state index in [1.165, 1.54) is 0 Å². The number of aromatic nitrogens is 10. The van der Waals surface area contributed by atoms with Crippen LogP contribution in [0.15, 0.2) is 279 Å². The zero-order valence-electron chi connectivity index (χ0n) is 47.4. The number of nitriles is 1. The molecule has 0 aliphatic carbocycles. The zero-order valence-corrected chi connectivity index (χ0v) is 47.4. The minimum Gasteiger partial charge on any atom is -0.308 e. The first-order valence-electron chi connectivity index (χ1n) is 28.9. The summed E-state index contributed by atoms with van der Waals surface area (Å²) >= 11 is 0. The van der Waals surface area contributed by atoms with Gasteiger partial charge >= 0.3 is 0 Å². The Morgan fingerprint density at radius 3 is 0.921 bits per heavy atom. The molecule has 0 radical (unpaired) electrons. The standard InChI is InChI=1S/C77H46N12/c1-79-61-37-21-36-57(43-61)63-47-60(77-87-73(54-31-16-6-17-32-54)82-74(88-77)55-33-18-7-19-34-55)46-62(56-35-20-22-49(42-56)48-78)68(63)89-66-40-38-58(75-83-69(50-23-8-2-9-24-50)80-70(84-75)51-25-10-3-11-26-51)44-64(66)65-45-59(39-41-67(65)89)76-85-71(52-27-12-4-13-28-52)81-72(86-76)53-29-14-5-15-30-53/h2-47H. The summed E-state index contributed by atoms with van der Waals surface area (Å²) in [5, 5.41) is 12.3. The molecule has 12 nitrogen and oxygen atoms in total. The van der Waals surface area contributed by atoms with Gasteiger partial charge in [-0.1, -0.05) is 212 Å². The Hall–Kier alpha value is -12.8. The molecule has 4 heterocycles. The smallest absolute Gasteiger partial charge is 0.187 e. The topological polar surface area (TPSA) is 149 Å². The van der Waals surface area contributed by atoms with E-state index in [-0.39, 0.29) is 0 Å². The van der Waals surface area contributed by atoms with Gasteiger partial charge in [0.25, 0.3) is 0 Å². The van der Waals surface area contributed by atoms with Crippen molar-refractivity contribution in [1.29, 1.82) is 5.26 Å². The van der Waals surface area contributed by atoms with Gasteiger partial charge in [-0.25, -0.2) is 49.7 Å². The first kappa shape index (κ1) is 53.0. The summed E-state index contributed by atoms with van der Waals surface area (Å²) in [5.41, 5.74) is 13.8. The second-order valence-corrected chi connectivity index (χ2v) is 21.2. The maximum atomic E-state index is 10.6. The number of fused-ring (bicyclic) bond motifs is 3. The highest BCUT2D eigenvalue weighted by Crippen LogP contribution is 2.46. The summed E-state index contributed by atoms with van der Waals surface area (Å²) in [7, 11) is 0. The summed E-state index contributed by atoms with van der Waals surface area (Å²) in [4.78, 5) is 50.4. The Morgan fingerprint density at radius 2 is 0.584 bits per heavy atom. The van der Waals surface area contributed by atoms with E-state index in [2.05, 4.69) is 64.0 Å². The molecule has 0 saturated heterocycles. The molecule has 15 rings (SSSR count). The van der Waals surface area contributed by atoms with Crippen LogP contribution in [0.4, 0.5) is 5.69 Å². The van der Waals surface area contributed by atoms with Gasteiger partial charge in [0.05, 0.1) is 34.9 Å². The van der Waals surface area contributed by atoms with Gasteiger partial charge in [0.1, 0.15) is 0 Å². The normalized spacial score (nSPS) is 11.1.